The number of aryl methyl sites for hydroxylation is 2. The topological polar surface area (TPSA) is 0 Å². The summed E-state index contributed by atoms with van der Waals surface area (Å²) >= 11 is 0. The van der Waals surface area contributed by atoms with E-state index in [4.69, 9.17) is 0 Å². The van der Waals surface area contributed by atoms with Gasteiger partial charge in [0, 0.05) is 5.92 Å². The number of hydrogen-bond donors (Lipinski definition) is 0. The van der Waals surface area contributed by atoms with Gasteiger partial charge in [-0.2, -0.15) is 0 Å². The van der Waals surface area contributed by atoms with Gasteiger partial charge in [0.2, 0.25) is 0 Å². The number of hydrogen-bond acceptors (Lipinski definition) is 0. The Bertz CT molecular complexity index is 1130. The summed E-state index contributed by atoms with van der Waals surface area (Å²) in [4.78, 5) is 0. The summed E-state index contributed by atoms with van der Waals surface area (Å²) in [6.07, 6.45) is 7.42. The van der Waals surface area contributed by atoms with Crippen LogP contribution in [0.15, 0.2) is 95.6 Å². The van der Waals surface area contributed by atoms with Gasteiger partial charge in [0.25, 0.3) is 0 Å². The van der Waals surface area contributed by atoms with Crippen LogP contribution in [-0.2, 0) is 12.8 Å². The molecule has 0 saturated heterocycles. The fourth-order valence-electron chi connectivity index (χ4n) is 5.99. The molecule has 0 spiro atoms. The molecule has 1 atom stereocenters. The molecule has 1 aliphatic rings. The van der Waals surface area contributed by atoms with Crippen molar-refractivity contribution in [1.29, 1.82) is 0 Å². The smallest absolute Gasteiger partial charge is 0.0654 e. The summed E-state index contributed by atoms with van der Waals surface area (Å²) in [5.74, 6) is 0.502. The van der Waals surface area contributed by atoms with E-state index < -0.39 is 8.80 Å². The highest BCUT2D eigenvalue weighted by atomic mass is 28.3. The Morgan fingerprint density at radius 1 is 0.639 bits per heavy atom. The molecule has 0 saturated carbocycles. The molecule has 0 N–H and O–H groups in total. The maximum atomic E-state index is 2.53. The molecule has 4 rings (SSSR count). The second-order valence-corrected chi connectivity index (χ2v) is 13.7. The predicted octanol–water partition coefficient (Wildman–Crippen LogP) is 8.15. The van der Waals surface area contributed by atoms with Crippen molar-refractivity contribution < 1.29 is 0 Å². The minimum atomic E-state index is -1.39. The van der Waals surface area contributed by atoms with Gasteiger partial charge in [-0.25, -0.2) is 0 Å². The van der Waals surface area contributed by atoms with Gasteiger partial charge in [-0.1, -0.05) is 121 Å². The lowest BCUT2D eigenvalue weighted by atomic mass is 9.88. The summed E-state index contributed by atoms with van der Waals surface area (Å²) in [6, 6.07) is 31.5. The van der Waals surface area contributed by atoms with Gasteiger partial charge < -0.3 is 0 Å². The number of unbranched alkanes of at least 4 members (excludes halogenated alkanes) is 2. The van der Waals surface area contributed by atoms with Crippen LogP contribution in [0.2, 0.25) is 6.04 Å². The quantitative estimate of drug-likeness (QED) is 0.237. The van der Waals surface area contributed by atoms with E-state index in [0.717, 1.165) is 0 Å². The Morgan fingerprint density at radius 3 is 1.61 bits per heavy atom. The Balaban J connectivity index is 1.76. The second-order valence-electron chi connectivity index (χ2n) is 10.8. The van der Waals surface area contributed by atoms with E-state index in [1.54, 1.807) is 21.5 Å². The lowest BCUT2D eigenvalue weighted by Gasteiger charge is -2.25. The van der Waals surface area contributed by atoms with Crippen LogP contribution in [0.4, 0.5) is 0 Å². The summed E-state index contributed by atoms with van der Waals surface area (Å²) < 4.78 is 0. The molecule has 1 unspecified atom stereocenters. The minimum absolute atomic E-state index is 0.502. The molecular formula is C35H44Si. The molecule has 0 radical (unpaired) electrons. The van der Waals surface area contributed by atoms with Crippen molar-refractivity contribution in [2.75, 3.05) is 0 Å². The molecule has 0 heterocycles. The molecule has 0 aromatic heterocycles. The first kappa shape index (κ1) is 26.4. The van der Waals surface area contributed by atoms with Crippen molar-refractivity contribution in [2.45, 2.75) is 79.2 Å². The largest absolute Gasteiger partial charge is 0.104 e. The Labute approximate surface area is 221 Å². The number of benzene rings is 3. The number of rotatable bonds is 11. The molecule has 1 heteroatoms. The Kier molecular flexibility index (Phi) is 9.21. The summed E-state index contributed by atoms with van der Waals surface area (Å²) in [7, 11) is -1.39. The molecule has 0 fully saturated rings. The predicted molar refractivity (Wildman–Crippen MR) is 162 cm³/mol. The molecule has 0 aliphatic heterocycles. The zero-order chi connectivity index (χ0) is 25.5. The zero-order valence-corrected chi connectivity index (χ0v) is 24.3. The van der Waals surface area contributed by atoms with Crippen LogP contribution in [-0.4, -0.2) is 8.80 Å². The van der Waals surface area contributed by atoms with Crippen LogP contribution in [0.1, 0.15) is 77.0 Å². The van der Waals surface area contributed by atoms with Crippen molar-refractivity contribution in [1.82, 2.24) is 0 Å². The van der Waals surface area contributed by atoms with E-state index in [2.05, 4.69) is 113 Å². The van der Waals surface area contributed by atoms with Crippen LogP contribution in [0.5, 0.6) is 0 Å². The summed E-state index contributed by atoms with van der Waals surface area (Å²) in [6.45, 7) is 11.7. The van der Waals surface area contributed by atoms with Gasteiger partial charge in [-0.05, 0) is 85.9 Å². The fourth-order valence-corrected chi connectivity index (χ4v) is 9.35. The maximum absolute atomic E-state index is 2.53. The third-order valence-electron chi connectivity index (χ3n) is 8.31. The van der Waals surface area contributed by atoms with Crippen LogP contribution in [0.3, 0.4) is 0 Å². The first-order chi connectivity index (χ1) is 17.5. The third-order valence-corrected chi connectivity index (χ3v) is 11.6. The molecule has 0 nitrogen and oxygen atoms in total. The minimum Gasteiger partial charge on any atom is -0.0654 e. The zero-order valence-electron chi connectivity index (χ0n) is 23.1. The summed E-state index contributed by atoms with van der Waals surface area (Å²) in [5.41, 5.74) is 10.8. The van der Waals surface area contributed by atoms with Crippen molar-refractivity contribution in [2.24, 2.45) is 5.92 Å². The van der Waals surface area contributed by atoms with E-state index >= 15 is 0 Å². The van der Waals surface area contributed by atoms with E-state index in [9.17, 15) is 0 Å². The molecule has 188 valence electrons. The standard InChI is InChI=1S/C35H44Si/c1-6-8-16-29-22-30(17-9-7-2)24-31(23-29)35-28(5)26(3)27(4)34(35)25-36(32-18-12-10-13-19-32)33-20-14-11-15-21-33/h10-15,18-24,34,36H,6-9,16-17,25H2,1-5H3. The van der Waals surface area contributed by atoms with Crippen molar-refractivity contribution in [3.05, 3.63) is 112 Å². The monoisotopic (exact) mass is 492 g/mol. The van der Waals surface area contributed by atoms with Gasteiger partial charge in [-0.15, -0.1) is 0 Å². The fraction of sp³-hybridized carbons (Fsp3) is 0.371. The Morgan fingerprint density at radius 2 is 1.14 bits per heavy atom. The number of allylic oxidation sites excluding steroid dienone is 4. The molecule has 3 aromatic carbocycles. The molecular weight excluding hydrogens is 448 g/mol. The molecule has 1 aliphatic carbocycles. The lowest BCUT2D eigenvalue weighted by Crippen LogP contribution is -2.43. The van der Waals surface area contributed by atoms with Gasteiger partial charge in [0.1, 0.15) is 8.80 Å². The SMILES string of the molecule is CCCCc1cc(CCCC)cc(C2=C(C)C(C)=C(C)C2C[SiH](c2ccccc2)c2ccccc2)c1. The van der Waals surface area contributed by atoms with Crippen LogP contribution >= 0.6 is 0 Å². The van der Waals surface area contributed by atoms with Crippen molar-refractivity contribution in [3.63, 3.8) is 0 Å². The second kappa shape index (κ2) is 12.5. The maximum Gasteiger partial charge on any atom is 0.104 e. The van der Waals surface area contributed by atoms with Gasteiger partial charge in [0.15, 0.2) is 0 Å². The highest BCUT2D eigenvalue weighted by Crippen LogP contribution is 2.45. The van der Waals surface area contributed by atoms with E-state index in [0.29, 0.717) is 5.92 Å². The van der Waals surface area contributed by atoms with Crippen LogP contribution < -0.4 is 10.4 Å². The van der Waals surface area contributed by atoms with Crippen molar-refractivity contribution in [3.8, 4) is 0 Å². The van der Waals surface area contributed by atoms with Gasteiger partial charge in [-0.3, -0.25) is 0 Å². The Hall–Kier alpha value is -2.64. The van der Waals surface area contributed by atoms with E-state index in [1.165, 1.54) is 72.4 Å². The molecule has 36 heavy (non-hydrogen) atoms. The lowest BCUT2D eigenvalue weighted by molar-refractivity contribution is 0.779. The molecule has 0 bridgehead atoms. The molecule has 0 amide bonds. The van der Waals surface area contributed by atoms with Crippen LogP contribution in [0, 0.1) is 5.92 Å². The van der Waals surface area contributed by atoms with Crippen molar-refractivity contribution >= 4 is 24.7 Å². The average molecular weight is 493 g/mol. The first-order valence-electron chi connectivity index (χ1n) is 14.1. The molecule has 3 aromatic rings. The highest BCUT2D eigenvalue weighted by molar-refractivity contribution is 6.85. The van der Waals surface area contributed by atoms with Crippen LogP contribution in [0.25, 0.3) is 5.57 Å². The first-order valence-corrected chi connectivity index (χ1v) is 16.1. The third kappa shape index (κ3) is 6.01. The van der Waals surface area contributed by atoms with E-state index in [-0.39, 0.29) is 0 Å². The highest BCUT2D eigenvalue weighted by Gasteiger charge is 2.32. The van der Waals surface area contributed by atoms with E-state index in [1.807, 2.05) is 0 Å². The average Bonchev–Trinajstić information content (AvgIpc) is 3.13. The van der Waals surface area contributed by atoms with Gasteiger partial charge >= 0.3 is 0 Å². The normalized spacial score (nSPS) is 15.9. The van der Waals surface area contributed by atoms with Gasteiger partial charge in [0.05, 0.1) is 0 Å². The summed E-state index contributed by atoms with van der Waals surface area (Å²) in [5, 5.41) is 3.11.